The van der Waals surface area contributed by atoms with Gasteiger partial charge in [0.2, 0.25) is 11.7 Å². The fourth-order valence-corrected chi connectivity index (χ4v) is 3.37. The quantitative estimate of drug-likeness (QED) is 0.696. The Hall–Kier alpha value is -2.21. The van der Waals surface area contributed by atoms with E-state index in [1.165, 1.54) is 13.5 Å². The Labute approximate surface area is 154 Å². The van der Waals surface area contributed by atoms with Crippen LogP contribution < -0.4 is 10.6 Å². The molecule has 6 heteroatoms. The van der Waals surface area contributed by atoms with E-state index in [-0.39, 0.29) is 18.6 Å². The standard InChI is InChI=1S/C20H28N2O4/c1-14(19(24)20(25)21-16-11-7-4-8-12-16)18(22-17(23)13-26-2)15-9-5-3-6-10-15/h3,5-6,9-10,14,16,18H,4,7-8,11-13H2,1-2H3,(H,21,25)(H,22,23)/t14-,18-/m0/s1. The van der Waals surface area contributed by atoms with Gasteiger partial charge in [-0.15, -0.1) is 0 Å². The fraction of sp³-hybridized carbons (Fsp3) is 0.550. The zero-order valence-electron chi connectivity index (χ0n) is 15.5. The second-order valence-electron chi connectivity index (χ2n) is 6.85. The topological polar surface area (TPSA) is 84.5 Å². The molecule has 0 aliphatic heterocycles. The molecular weight excluding hydrogens is 332 g/mol. The lowest BCUT2D eigenvalue weighted by Crippen LogP contribution is -2.45. The number of hydrogen-bond donors (Lipinski definition) is 2. The normalized spacial score (nSPS) is 17.2. The van der Waals surface area contributed by atoms with Crippen LogP contribution in [0.3, 0.4) is 0 Å². The highest BCUT2D eigenvalue weighted by molar-refractivity contribution is 6.37. The van der Waals surface area contributed by atoms with Gasteiger partial charge in [-0.05, 0) is 18.4 Å². The van der Waals surface area contributed by atoms with Gasteiger partial charge in [-0.2, -0.15) is 0 Å². The zero-order chi connectivity index (χ0) is 18.9. The zero-order valence-corrected chi connectivity index (χ0v) is 15.5. The summed E-state index contributed by atoms with van der Waals surface area (Å²) in [6.45, 7) is 1.58. The summed E-state index contributed by atoms with van der Waals surface area (Å²) >= 11 is 0. The van der Waals surface area contributed by atoms with Gasteiger partial charge < -0.3 is 15.4 Å². The van der Waals surface area contributed by atoms with Crippen LogP contribution in [-0.4, -0.2) is 37.4 Å². The van der Waals surface area contributed by atoms with Crippen molar-refractivity contribution < 1.29 is 19.1 Å². The van der Waals surface area contributed by atoms with Crippen LogP contribution in [0, 0.1) is 5.92 Å². The van der Waals surface area contributed by atoms with Crippen molar-refractivity contribution in [2.24, 2.45) is 5.92 Å². The molecule has 0 radical (unpaired) electrons. The number of carbonyl (C=O) groups is 3. The number of nitrogens with one attached hydrogen (secondary N) is 2. The summed E-state index contributed by atoms with van der Waals surface area (Å²) in [6, 6.07) is 8.70. The predicted octanol–water partition coefficient (Wildman–Crippen LogP) is 2.14. The van der Waals surface area contributed by atoms with Gasteiger partial charge in [0.1, 0.15) is 6.61 Å². The van der Waals surface area contributed by atoms with E-state index >= 15 is 0 Å². The minimum atomic E-state index is -0.679. The van der Waals surface area contributed by atoms with E-state index in [1.54, 1.807) is 6.92 Å². The number of ketones is 1. The largest absolute Gasteiger partial charge is 0.375 e. The molecule has 1 aromatic carbocycles. The maximum absolute atomic E-state index is 12.7. The van der Waals surface area contributed by atoms with Crippen molar-refractivity contribution in [1.82, 2.24) is 10.6 Å². The molecule has 0 unspecified atom stereocenters. The maximum atomic E-state index is 12.7. The van der Waals surface area contributed by atoms with Crippen LogP contribution in [0.25, 0.3) is 0 Å². The summed E-state index contributed by atoms with van der Waals surface area (Å²) in [5.41, 5.74) is 0.781. The first-order chi connectivity index (χ1) is 12.5. The van der Waals surface area contributed by atoms with Crippen LogP contribution in [0.2, 0.25) is 0 Å². The Morgan fingerprint density at radius 3 is 2.38 bits per heavy atom. The van der Waals surface area contributed by atoms with Crippen LogP contribution in [-0.2, 0) is 19.1 Å². The number of Topliss-reactive ketones (excluding diaryl/α,β-unsaturated/α-hetero) is 1. The minimum Gasteiger partial charge on any atom is -0.375 e. The summed E-state index contributed by atoms with van der Waals surface area (Å²) < 4.78 is 4.85. The van der Waals surface area contributed by atoms with Gasteiger partial charge in [0.05, 0.1) is 6.04 Å². The first kappa shape index (κ1) is 20.1. The molecule has 2 rings (SSSR count). The SMILES string of the molecule is COCC(=O)N[C@H](c1ccccc1)[C@H](C)C(=O)C(=O)NC1CCCCC1. The van der Waals surface area contributed by atoms with E-state index in [0.717, 1.165) is 31.2 Å². The molecule has 1 saturated carbocycles. The highest BCUT2D eigenvalue weighted by atomic mass is 16.5. The van der Waals surface area contributed by atoms with Gasteiger partial charge >= 0.3 is 0 Å². The first-order valence-electron chi connectivity index (χ1n) is 9.21. The third-order valence-electron chi connectivity index (χ3n) is 4.83. The van der Waals surface area contributed by atoms with Crippen LogP contribution in [0.4, 0.5) is 0 Å². The van der Waals surface area contributed by atoms with Gasteiger partial charge in [0, 0.05) is 19.1 Å². The van der Waals surface area contributed by atoms with Crippen molar-refractivity contribution in [3.63, 3.8) is 0 Å². The van der Waals surface area contributed by atoms with Gasteiger partial charge in [-0.1, -0.05) is 56.5 Å². The number of carbonyl (C=O) groups excluding carboxylic acids is 3. The van der Waals surface area contributed by atoms with Gasteiger partial charge in [0.15, 0.2) is 0 Å². The summed E-state index contributed by atoms with van der Waals surface area (Å²) in [5, 5.41) is 5.67. The van der Waals surface area contributed by atoms with Crippen LogP contribution >= 0.6 is 0 Å². The molecule has 142 valence electrons. The molecule has 2 amide bonds. The van der Waals surface area contributed by atoms with E-state index < -0.39 is 23.7 Å². The molecular formula is C20H28N2O4. The molecule has 1 fully saturated rings. The molecule has 6 nitrogen and oxygen atoms in total. The monoisotopic (exact) mass is 360 g/mol. The smallest absolute Gasteiger partial charge is 0.287 e. The Bertz CT molecular complexity index is 611. The molecule has 1 aliphatic rings. The molecule has 2 atom stereocenters. The van der Waals surface area contributed by atoms with Crippen molar-refractivity contribution in [2.45, 2.75) is 51.1 Å². The Morgan fingerprint density at radius 2 is 1.77 bits per heavy atom. The number of ether oxygens (including phenoxy) is 1. The highest BCUT2D eigenvalue weighted by Crippen LogP contribution is 2.23. The number of benzene rings is 1. The summed E-state index contributed by atoms with van der Waals surface area (Å²) in [5.74, 6) is -2.08. The lowest BCUT2D eigenvalue weighted by Gasteiger charge is -2.26. The molecule has 0 spiro atoms. The fourth-order valence-electron chi connectivity index (χ4n) is 3.37. The number of hydrogen-bond acceptors (Lipinski definition) is 4. The van der Waals surface area contributed by atoms with Crippen molar-refractivity contribution in [1.29, 1.82) is 0 Å². The van der Waals surface area contributed by atoms with Gasteiger partial charge in [0.25, 0.3) is 5.91 Å². The molecule has 1 aromatic rings. The van der Waals surface area contributed by atoms with Crippen molar-refractivity contribution >= 4 is 17.6 Å². The van der Waals surface area contributed by atoms with E-state index in [9.17, 15) is 14.4 Å². The number of rotatable bonds is 8. The average molecular weight is 360 g/mol. The van der Waals surface area contributed by atoms with Crippen molar-refractivity contribution in [2.75, 3.05) is 13.7 Å². The summed E-state index contributed by atoms with van der Waals surface area (Å²) in [6.07, 6.45) is 5.17. The van der Waals surface area contributed by atoms with E-state index in [0.29, 0.717) is 0 Å². The van der Waals surface area contributed by atoms with E-state index in [2.05, 4.69) is 10.6 Å². The lowest BCUT2D eigenvalue weighted by molar-refractivity contribution is -0.141. The summed E-state index contributed by atoms with van der Waals surface area (Å²) in [7, 11) is 1.43. The molecule has 2 N–H and O–H groups in total. The molecule has 0 bridgehead atoms. The Morgan fingerprint density at radius 1 is 1.12 bits per heavy atom. The Kier molecular flexibility index (Phi) is 7.78. The molecule has 1 aliphatic carbocycles. The second-order valence-corrected chi connectivity index (χ2v) is 6.85. The average Bonchev–Trinajstić information content (AvgIpc) is 2.66. The molecule has 26 heavy (non-hydrogen) atoms. The van der Waals surface area contributed by atoms with Gasteiger partial charge in [-0.3, -0.25) is 14.4 Å². The predicted molar refractivity (Wildman–Crippen MR) is 98.4 cm³/mol. The number of amides is 2. The van der Waals surface area contributed by atoms with Crippen molar-refractivity contribution in [3.05, 3.63) is 35.9 Å². The van der Waals surface area contributed by atoms with Crippen LogP contribution in [0.15, 0.2) is 30.3 Å². The third kappa shape index (κ3) is 5.66. The Balaban J connectivity index is 2.08. The van der Waals surface area contributed by atoms with Crippen LogP contribution in [0.1, 0.15) is 50.6 Å². The second kappa shape index (κ2) is 10.1. The highest BCUT2D eigenvalue weighted by Gasteiger charge is 2.32. The van der Waals surface area contributed by atoms with E-state index in [1.807, 2.05) is 30.3 Å². The van der Waals surface area contributed by atoms with Crippen molar-refractivity contribution in [3.8, 4) is 0 Å². The first-order valence-corrected chi connectivity index (χ1v) is 9.21. The molecule has 0 saturated heterocycles. The maximum Gasteiger partial charge on any atom is 0.287 e. The minimum absolute atomic E-state index is 0.0747. The third-order valence-corrected chi connectivity index (χ3v) is 4.83. The van der Waals surface area contributed by atoms with Crippen LogP contribution in [0.5, 0.6) is 0 Å². The number of methoxy groups -OCH3 is 1. The lowest BCUT2D eigenvalue weighted by atomic mass is 9.89. The molecule has 0 aromatic heterocycles. The van der Waals surface area contributed by atoms with E-state index in [4.69, 9.17) is 4.74 Å². The van der Waals surface area contributed by atoms with Gasteiger partial charge in [-0.25, -0.2) is 0 Å². The summed E-state index contributed by atoms with van der Waals surface area (Å²) in [4.78, 5) is 37.1. The molecule has 0 heterocycles.